The molecule has 1 saturated heterocycles. The second-order valence-electron chi connectivity index (χ2n) is 7.45. The van der Waals surface area contributed by atoms with Gasteiger partial charge >= 0.3 is 0 Å². The van der Waals surface area contributed by atoms with E-state index < -0.39 is 0 Å². The van der Waals surface area contributed by atoms with Crippen molar-refractivity contribution in [1.29, 1.82) is 0 Å². The lowest BCUT2D eigenvalue weighted by Crippen LogP contribution is -2.39. The Morgan fingerprint density at radius 1 is 1.12 bits per heavy atom. The predicted octanol–water partition coefficient (Wildman–Crippen LogP) is 4.77. The molecule has 2 heterocycles. The summed E-state index contributed by atoms with van der Waals surface area (Å²) in [6.07, 6.45) is 5.47. The number of carbonyl (C=O) groups excluding carboxylic acids is 1. The topological polar surface area (TPSA) is 33.5 Å². The molecular weight excluding hydrogens is 322 g/mol. The first-order valence-corrected chi connectivity index (χ1v) is 9.47. The van der Waals surface area contributed by atoms with E-state index in [1.807, 2.05) is 17.9 Å². The maximum atomic E-state index is 12.7. The van der Waals surface area contributed by atoms with Gasteiger partial charge in [0.25, 0.3) is 0 Å². The fraction of sp³-hybridized carbons (Fsp3) is 0.348. The minimum atomic E-state index is 0.214. The standard InChI is InChI=1S/C23H25NO2/c1-17-7-8-21-20(16-26-22(21)13-17)15-23(25)24-11-9-19(10-12-24)14-18-5-3-2-4-6-18/h2-8,13,16,19H,9-12,14-15H2,1H3. The van der Waals surface area contributed by atoms with E-state index in [4.69, 9.17) is 4.42 Å². The van der Waals surface area contributed by atoms with Gasteiger partial charge in [0.15, 0.2) is 0 Å². The van der Waals surface area contributed by atoms with E-state index in [1.165, 1.54) is 11.1 Å². The van der Waals surface area contributed by atoms with Crippen LogP contribution in [0.4, 0.5) is 0 Å². The molecule has 4 rings (SSSR count). The van der Waals surface area contributed by atoms with Crippen molar-refractivity contribution in [3.8, 4) is 0 Å². The Balaban J connectivity index is 1.34. The molecule has 3 aromatic rings. The van der Waals surface area contributed by atoms with Crippen molar-refractivity contribution in [3.05, 3.63) is 71.5 Å². The molecule has 0 atom stereocenters. The Kier molecular flexibility index (Phi) is 4.79. The van der Waals surface area contributed by atoms with Crippen LogP contribution in [0.2, 0.25) is 0 Å². The largest absolute Gasteiger partial charge is 0.464 e. The lowest BCUT2D eigenvalue weighted by atomic mass is 9.90. The van der Waals surface area contributed by atoms with Gasteiger partial charge in [0.1, 0.15) is 5.58 Å². The highest BCUT2D eigenvalue weighted by Gasteiger charge is 2.23. The summed E-state index contributed by atoms with van der Waals surface area (Å²) in [6.45, 7) is 3.78. The van der Waals surface area contributed by atoms with Gasteiger partial charge < -0.3 is 9.32 Å². The number of amides is 1. The Bertz CT molecular complexity index is 889. The molecule has 2 aromatic carbocycles. The number of benzene rings is 2. The number of rotatable bonds is 4. The molecule has 1 fully saturated rings. The van der Waals surface area contributed by atoms with E-state index >= 15 is 0 Å². The highest BCUT2D eigenvalue weighted by molar-refractivity contribution is 5.88. The van der Waals surface area contributed by atoms with Crippen molar-refractivity contribution in [2.75, 3.05) is 13.1 Å². The number of piperidine rings is 1. The number of furan rings is 1. The van der Waals surface area contributed by atoms with Crippen LogP contribution in [0.3, 0.4) is 0 Å². The van der Waals surface area contributed by atoms with Crippen molar-refractivity contribution in [3.63, 3.8) is 0 Å². The fourth-order valence-corrected chi connectivity index (χ4v) is 3.94. The normalized spacial score (nSPS) is 15.5. The maximum Gasteiger partial charge on any atom is 0.227 e. The monoisotopic (exact) mass is 347 g/mol. The van der Waals surface area contributed by atoms with Crippen molar-refractivity contribution < 1.29 is 9.21 Å². The molecule has 3 heteroatoms. The molecule has 1 amide bonds. The van der Waals surface area contributed by atoms with Crippen LogP contribution in [0.25, 0.3) is 11.0 Å². The summed E-state index contributed by atoms with van der Waals surface area (Å²) in [6, 6.07) is 16.8. The smallest absolute Gasteiger partial charge is 0.227 e. The minimum Gasteiger partial charge on any atom is -0.464 e. The van der Waals surface area contributed by atoms with E-state index in [9.17, 15) is 4.79 Å². The molecule has 0 spiro atoms. The molecule has 0 radical (unpaired) electrons. The molecule has 0 saturated carbocycles. The zero-order chi connectivity index (χ0) is 17.9. The van der Waals surface area contributed by atoms with Gasteiger partial charge in [0.2, 0.25) is 5.91 Å². The summed E-state index contributed by atoms with van der Waals surface area (Å²) in [7, 11) is 0. The van der Waals surface area contributed by atoms with E-state index in [0.29, 0.717) is 12.3 Å². The third-order valence-electron chi connectivity index (χ3n) is 5.49. The highest BCUT2D eigenvalue weighted by Crippen LogP contribution is 2.25. The van der Waals surface area contributed by atoms with Gasteiger partial charge in [-0.3, -0.25) is 4.79 Å². The first kappa shape index (κ1) is 16.9. The zero-order valence-electron chi connectivity index (χ0n) is 15.3. The summed E-state index contributed by atoms with van der Waals surface area (Å²) in [5.41, 5.74) is 4.44. The molecule has 26 heavy (non-hydrogen) atoms. The zero-order valence-corrected chi connectivity index (χ0v) is 15.3. The molecule has 0 bridgehead atoms. The first-order chi connectivity index (χ1) is 12.7. The van der Waals surface area contributed by atoms with Crippen LogP contribution >= 0.6 is 0 Å². The summed E-state index contributed by atoms with van der Waals surface area (Å²) < 4.78 is 5.63. The molecule has 0 unspecified atom stereocenters. The Hall–Kier alpha value is -2.55. The second-order valence-corrected chi connectivity index (χ2v) is 7.45. The predicted molar refractivity (Wildman–Crippen MR) is 104 cm³/mol. The van der Waals surface area contributed by atoms with E-state index in [2.05, 4.69) is 42.5 Å². The van der Waals surface area contributed by atoms with Gasteiger partial charge in [-0.2, -0.15) is 0 Å². The van der Waals surface area contributed by atoms with Crippen molar-refractivity contribution in [1.82, 2.24) is 4.90 Å². The maximum absolute atomic E-state index is 12.7. The van der Waals surface area contributed by atoms with Gasteiger partial charge in [-0.15, -0.1) is 0 Å². The van der Waals surface area contributed by atoms with Gasteiger partial charge in [0.05, 0.1) is 12.7 Å². The van der Waals surface area contributed by atoms with Crippen LogP contribution < -0.4 is 0 Å². The number of nitrogens with zero attached hydrogens (tertiary/aromatic N) is 1. The fourth-order valence-electron chi connectivity index (χ4n) is 3.94. The number of aryl methyl sites for hydroxylation is 1. The first-order valence-electron chi connectivity index (χ1n) is 9.47. The third-order valence-corrected chi connectivity index (χ3v) is 5.49. The third kappa shape index (κ3) is 3.67. The van der Waals surface area contributed by atoms with E-state index in [0.717, 1.165) is 48.9 Å². The highest BCUT2D eigenvalue weighted by atomic mass is 16.3. The quantitative estimate of drug-likeness (QED) is 0.681. The Labute approximate surface area is 154 Å². The number of carbonyl (C=O) groups is 1. The molecule has 1 aliphatic rings. The van der Waals surface area contributed by atoms with Gasteiger partial charge in [-0.25, -0.2) is 0 Å². The molecule has 0 aliphatic carbocycles. The van der Waals surface area contributed by atoms with Crippen molar-refractivity contribution >= 4 is 16.9 Å². The molecule has 1 aliphatic heterocycles. The molecular formula is C23H25NO2. The second kappa shape index (κ2) is 7.36. The molecule has 3 nitrogen and oxygen atoms in total. The van der Waals surface area contributed by atoms with E-state index in [-0.39, 0.29) is 5.91 Å². The minimum absolute atomic E-state index is 0.214. The van der Waals surface area contributed by atoms with Gasteiger partial charge in [-0.05, 0) is 49.3 Å². The van der Waals surface area contributed by atoms with Gasteiger partial charge in [-0.1, -0.05) is 42.5 Å². The van der Waals surface area contributed by atoms with E-state index in [1.54, 1.807) is 6.26 Å². The number of hydrogen-bond acceptors (Lipinski definition) is 2. The van der Waals surface area contributed by atoms with Crippen LogP contribution in [-0.4, -0.2) is 23.9 Å². The molecule has 1 aromatic heterocycles. The number of fused-ring (bicyclic) bond motifs is 1. The average Bonchev–Trinajstić information content (AvgIpc) is 3.05. The lowest BCUT2D eigenvalue weighted by molar-refractivity contribution is -0.131. The van der Waals surface area contributed by atoms with Crippen LogP contribution in [0, 0.1) is 12.8 Å². The van der Waals surface area contributed by atoms with Crippen molar-refractivity contribution in [2.24, 2.45) is 5.92 Å². The average molecular weight is 347 g/mol. The van der Waals surface area contributed by atoms with Gasteiger partial charge in [0, 0.05) is 24.0 Å². The van der Waals surface area contributed by atoms with Crippen LogP contribution in [0.5, 0.6) is 0 Å². The van der Waals surface area contributed by atoms with Crippen LogP contribution in [0.1, 0.15) is 29.5 Å². The molecule has 0 N–H and O–H groups in total. The Morgan fingerprint density at radius 2 is 1.88 bits per heavy atom. The van der Waals surface area contributed by atoms with Crippen molar-refractivity contribution in [2.45, 2.75) is 32.6 Å². The molecule has 134 valence electrons. The summed E-state index contributed by atoms with van der Waals surface area (Å²) in [5.74, 6) is 0.894. The number of hydrogen-bond donors (Lipinski definition) is 0. The van der Waals surface area contributed by atoms with Crippen LogP contribution in [-0.2, 0) is 17.6 Å². The Morgan fingerprint density at radius 3 is 2.65 bits per heavy atom. The van der Waals surface area contributed by atoms with Crippen LogP contribution in [0.15, 0.2) is 59.2 Å². The summed E-state index contributed by atoms with van der Waals surface area (Å²) >= 11 is 0. The summed E-state index contributed by atoms with van der Waals surface area (Å²) in [5, 5.41) is 1.06. The SMILES string of the molecule is Cc1ccc2c(CC(=O)N3CCC(Cc4ccccc4)CC3)coc2c1. The number of likely N-dealkylation sites (tertiary alicyclic amines) is 1. The summed E-state index contributed by atoms with van der Waals surface area (Å²) in [4.78, 5) is 14.7. The lowest BCUT2D eigenvalue weighted by Gasteiger charge is -2.32.